The Labute approximate surface area is 159 Å². The first-order valence-corrected chi connectivity index (χ1v) is 9.43. The van der Waals surface area contributed by atoms with Crippen LogP contribution in [0.25, 0.3) is 11.5 Å². The van der Waals surface area contributed by atoms with E-state index in [4.69, 9.17) is 4.74 Å². The first-order valence-electron chi connectivity index (χ1n) is 9.43. The number of rotatable bonds is 2. The maximum absolute atomic E-state index is 12.7. The smallest absolute Gasteiger partial charge is 0.411 e. The van der Waals surface area contributed by atoms with Crippen LogP contribution in [0, 0.1) is 0 Å². The van der Waals surface area contributed by atoms with Gasteiger partial charge in [0.05, 0.1) is 6.04 Å². The van der Waals surface area contributed by atoms with E-state index in [1.165, 1.54) is 5.57 Å². The first kappa shape index (κ1) is 17.7. The van der Waals surface area contributed by atoms with Crippen LogP contribution in [0.1, 0.15) is 52.0 Å². The molecular weight excluding hydrogens is 342 g/mol. The Bertz CT molecular complexity index is 836. The van der Waals surface area contributed by atoms with Crippen LogP contribution in [0.5, 0.6) is 0 Å². The van der Waals surface area contributed by atoms with Gasteiger partial charge in [0.25, 0.3) is 0 Å². The zero-order valence-corrected chi connectivity index (χ0v) is 16.0. The minimum Gasteiger partial charge on any atom is -0.444 e. The van der Waals surface area contributed by atoms with E-state index in [1.807, 2.05) is 44.3 Å². The zero-order chi connectivity index (χ0) is 19.0. The number of hydrogen-bond acceptors (Lipinski definition) is 5. The lowest BCUT2D eigenvalue weighted by Crippen LogP contribution is -2.53. The van der Waals surface area contributed by atoms with Crippen molar-refractivity contribution >= 4 is 11.7 Å². The number of amides is 1. The molecule has 27 heavy (non-hydrogen) atoms. The molecule has 2 unspecified atom stereocenters. The predicted molar refractivity (Wildman–Crippen MR) is 101 cm³/mol. The van der Waals surface area contributed by atoms with Gasteiger partial charge in [0, 0.05) is 36.4 Å². The monoisotopic (exact) mass is 367 g/mol. The molecule has 0 aromatic carbocycles. The van der Waals surface area contributed by atoms with Gasteiger partial charge in [-0.05, 0) is 52.0 Å². The van der Waals surface area contributed by atoms with Gasteiger partial charge in [-0.15, -0.1) is 0 Å². The number of imidazole rings is 1. The van der Waals surface area contributed by atoms with Crippen LogP contribution in [0.2, 0.25) is 0 Å². The van der Waals surface area contributed by atoms with E-state index in [0.29, 0.717) is 5.95 Å². The Morgan fingerprint density at radius 1 is 1.22 bits per heavy atom. The highest BCUT2D eigenvalue weighted by Gasteiger charge is 2.39. The molecule has 1 saturated heterocycles. The Kier molecular flexibility index (Phi) is 4.45. The lowest BCUT2D eigenvalue weighted by molar-refractivity contribution is 0.0000844. The summed E-state index contributed by atoms with van der Waals surface area (Å²) >= 11 is 0. The van der Waals surface area contributed by atoms with Gasteiger partial charge in [0.15, 0.2) is 0 Å². The van der Waals surface area contributed by atoms with Gasteiger partial charge in [-0.2, -0.15) is 0 Å². The highest BCUT2D eigenvalue weighted by Crippen LogP contribution is 2.37. The molecule has 0 aliphatic carbocycles. The lowest BCUT2D eigenvalue weighted by atomic mass is 9.83. The van der Waals surface area contributed by atoms with E-state index in [9.17, 15) is 4.79 Å². The summed E-state index contributed by atoms with van der Waals surface area (Å²) in [7, 11) is 0. The van der Waals surface area contributed by atoms with Crippen LogP contribution < -0.4 is 0 Å². The van der Waals surface area contributed by atoms with Crippen molar-refractivity contribution in [3.8, 4) is 5.95 Å². The Morgan fingerprint density at radius 3 is 2.63 bits per heavy atom. The molecule has 142 valence electrons. The summed E-state index contributed by atoms with van der Waals surface area (Å²) in [6, 6.07) is 0.252. The summed E-state index contributed by atoms with van der Waals surface area (Å²) in [5.41, 5.74) is 1.74. The van der Waals surface area contributed by atoms with E-state index < -0.39 is 5.60 Å². The molecule has 4 rings (SSSR count). The largest absolute Gasteiger partial charge is 0.444 e. The van der Waals surface area contributed by atoms with Crippen molar-refractivity contribution in [3.05, 3.63) is 42.8 Å². The fourth-order valence-corrected chi connectivity index (χ4v) is 3.84. The fourth-order valence-electron chi connectivity index (χ4n) is 3.84. The Hall–Kier alpha value is -2.70. The van der Waals surface area contributed by atoms with Crippen LogP contribution in [0.3, 0.4) is 0 Å². The van der Waals surface area contributed by atoms with Crippen molar-refractivity contribution in [2.24, 2.45) is 0 Å². The second-order valence-electron chi connectivity index (χ2n) is 8.18. The number of carbonyl (C=O) groups is 1. The lowest BCUT2D eigenvalue weighted by Gasteiger charge is -2.45. The Morgan fingerprint density at radius 2 is 2.00 bits per heavy atom. The average molecular weight is 367 g/mol. The quantitative estimate of drug-likeness (QED) is 0.811. The molecule has 0 N–H and O–H groups in total. The van der Waals surface area contributed by atoms with Crippen molar-refractivity contribution in [1.82, 2.24) is 24.4 Å². The normalized spacial score (nSPS) is 22.3. The van der Waals surface area contributed by atoms with Gasteiger partial charge in [0.1, 0.15) is 11.9 Å². The highest BCUT2D eigenvalue weighted by molar-refractivity contribution is 5.74. The molecule has 2 aromatic heterocycles. The van der Waals surface area contributed by atoms with Gasteiger partial charge < -0.3 is 4.74 Å². The number of fused-ring (bicyclic) bond motifs is 2. The molecule has 2 atom stereocenters. The number of nitrogens with zero attached hydrogens (tertiary/aromatic N) is 5. The maximum atomic E-state index is 12.7. The fraction of sp³-hybridized carbons (Fsp3) is 0.500. The summed E-state index contributed by atoms with van der Waals surface area (Å²) in [5, 5.41) is 0. The second kappa shape index (κ2) is 6.79. The van der Waals surface area contributed by atoms with Gasteiger partial charge in [-0.3, -0.25) is 9.47 Å². The minimum atomic E-state index is -0.480. The van der Waals surface area contributed by atoms with Gasteiger partial charge in [0.2, 0.25) is 5.95 Å². The molecule has 0 spiro atoms. The summed E-state index contributed by atoms with van der Waals surface area (Å²) in [6.07, 6.45) is 14.8. The molecule has 0 saturated carbocycles. The second-order valence-corrected chi connectivity index (χ2v) is 8.18. The van der Waals surface area contributed by atoms with Crippen LogP contribution in [-0.4, -0.2) is 48.2 Å². The van der Waals surface area contributed by atoms with Crippen molar-refractivity contribution in [3.63, 3.8) is 0 Å². The van der Waals surface area contributed by atoms with Crippen LogP contribution >= 0.6 is 0 Å². The van der Waals surface area contributed by atoms with Gasteiger partial charge in [-0.25, -0.2) is 19.7 Å². The molecule has 2 aliphatic rings. The Balaban J connectivity index is 1.56. The van der Waals surface area contributed by atoms with E-state index >= 15 is 0 Å². The van der Waals surface area contributed by atoms with E-state index in [-0.39, 0.29) is 18.2 Å². The molecule has 1 amide bonds. The van der Waals surface area contributed by atoms with Gasteiger partial charge >= 0.3 is 6.09 Å². The number of piperidine rings is 1. The summed E-state index contributed by atoms with van der Waals surface area (Å²) in [5.74, 6) is 0.600. The summed E-state index contributed by atoms with van der Waals surface area (Å²) in [4.78, 5) is 27.6. The van der Waals surface area contributed by atoms with Crippen molar-refractivity contribution in [2.45, 2.75) is 64.1 Å². The first-order chi connectivity index (χ1) is 12.9. The number of carbonyl (C=O) groups excluding carboxylic acids is 1. The molecular formula is C20H25N5O2. The van der Waals surface area contributed by atoms with Crippen molar-refractivity contribution in [1.29, 1.82) is 0 Å². The molecule has 1 fully saturated rings. The van der Waals surface area contributed by atoms with Crippen molar-refractivity contribution in [2.75, 3.05) is 0 Å². The third-order valence-electron chi connectivity index (χ3n) is 4.99. The molecule has 2 aromatic rings. The van der Waals surface area contributed by atoms with Crippen molar-refractivity contribution < 1.29 is 9.53 Å². The molecule has 7 heteroatoms. The zero-order valence-electron chi connectivity index (χ0n) is 16.0. The molecule has 2 bridgehead atoms. The molecule has 4 heterocycles. The number of aromatic nitrogens is 4. The van der Waals surface area contributed by atoms with Gasteiger partial charge in [-0.1, -0.05) is 6.08 Å². The topological polar surface area (TPSA) is 73.1 Å². The number of hydrogen-bond donors (Lipinski definition) is 0. The standard InChI is InChI=1S/C20H25N5O2/c1-20(2,3)27-19(26)25-16-5-4-6-17(25)10-14(9-16)15-11-22-18(23-12-15)24-8-7-21-13-24/h7-9,11-13,16-17H,4-6,10H2,1-3H3. The highest BCUT2D eigenvalue weighted by atomic mass is 16.6. The third kappa shape index (κ3) is 3.72. The van der Waals surface area contributed by atoms with Crippen LogP contribution in [0.4, 0.5) is 4.79 Å². The maximum Gasteiger partial charge on any atom is 0.411 e. The van der Waals surface area contributed by atoms with Crippen LogP contribution in [0.15, 0.2) is 37.2 Å². The summed E-state index contributed by atoms with van der Waals surface area (Å²) in [6.45, 7) is 5.72. The minimum absolute atomic E-state index is 0.0793. The average Bonchev–Trinajstić information content (AvgIpc) is 3.14. The molecule has 7 nitrogen and oxygen atoms in total. The summed E-state index contributed by atoms with van der Waals surface area (Å²) < 4.78 is 7.41. The van der Waals surface area contributed by atoms with E-state index in [1.54, 1.807) is 17.1 Å². The number of ether oxygens (including phenoxy) is 1. The van der Waals surface area contributed by atoms with Crippen LogP contribution in [-0.2, 0) is 4.74 Å². The van der Waals surface area contributed by atoms with E-state index in [2.05, 4.69) is 21.0 Å². The molecule has 2 aliphatic heterocycles. The molecule has 0 radical (unpaired) electrons. The third-order valence-corrected chi connectivity index (χ3v) is 4.99. The predicted octanol–water partition coefficient (Wildman–Crippen LogP) is 3.61. The SMILES string of the molecule is CC(C)(C)OC(=O)N1C2C=C(c3cnc(-n4ccnc4)nc3)CC1CCC2. The van der Waals surface area contributed by atoms with E-state index in [0.717, 1.165) is 31.2 Å².